The van der Waals surface area contributed by atoms with Crippen molar-refractivity contribution in [2.75, 3.05) is 46.9 Å². The van der Waals surface area contributed by atoms with E-state index in [0.29, 0.717) is 25.9 Å². The van der Waals surface area contributed by atoms with E-state index in [2.05, 4.69) is 23.7 Å². The van der Waals surface area contributed by atoms with Crippen molar-refractivity contribution in [1.82, 2.24) is 19.7 Å². The molecule has 346 valence electrons. The molecule has 14 nitrogen and oxygen atoms in total. The Bertz CT molecular complexity index is 1850. The van der Waals surface area contributed by atoms with Gasteiger partial charge in [0.15, 0.2) is 17.7 Å². The molecule has 0 spiro atoms. The molecule has 14 heteroatoms. The Hall–Kier alpha value is -3.79. The molecule has 2 fully saturated rings. The molecule has 1 amide bonds. The van der Waals surface area contributed by atoms with E-state index in [0.717, 1.165) is 29.6 Å². The van der Waals surface area contributed by atoms with Gasteiger partial charge in [-0.15, -0.1) is 0 Å². The van der Waals surface area contributed by atoms with Crippen LogP contribution >= 0.6 is 0 Å². The van der Waals surface area contributed by atoms with E-state index in [1.807, 2.05) is 82.3 Å². The second kappa shape index (κ2) is 22.2. The second-order valence-corrected chi connectivity index (χ2v) is 18.0. The summed E-state index contributed by atoms with van der Waals surface area (Å²) in [6, 6.07) is 9.14. The standard InChI is InChI=1S/C48H74N4O10/c1-14-40(48(11)35(9)52(46(57)62-48)24-23-51(15-2)16-3)60-44(56)33(7)41(54)32(6)43(61-45-42(55)39(50(12)13)26-31(5)59-45)47(10,28-30(4)34(8)53)58-25-19-20-36-27-37-21-17-18-22-38(37)49-29-36/h17-22,27,29-33,35,39-40,42-43,45,55H,14-16,23-26,28H2,1-13H3/b20-19+/t30-,31-,32+,33-,35-,39+,40-,42-,43-,45+,47?,48+/m1/s1. The van der Waals surface area contributed by atoms with Crippen LogP contribution in [0.1, 0.15) is 101 Å². The van der Waals surface area contributed by atoms with Gasteiger partial charge in [-0.05, 0) is 106 Å². The average Bonchev–Trinajstić information content (AvgIpc) is 3.46. The quantitative estimate of drug-likeness (QED) is 0.0948. The van der Waals surface area contributed by atoms with Crippen LogP contribution < -0.4 is 0 Å². The third-order valence-electron chi connectivity index (χ3n) is 13.3. The third-order valence-corrected chi connectivity index (χ3v) is 13.3. The number of fused-ring (bicyclic) bond motifs is 1. The van der Waals surface area contributed by atoms with Gasteiger partial charge in [-0.1, -0.05) is 65.0 Å². The molecule has 2 saturated heterocycles. The highest BCUT2D eigenvalue weighted by molar-refractivity contribution is 6.00. The van der Waals surface area contributed by atoms with Crippen molar-refractivity contribution in [2.45, 2.75) is 149 Å². The lowest BCUT2D eigenvalue weighted by Gasteiger charge is -2.47. The van der Waals surface area contributed by atoms with Crippen LogP contribution in [0.3, 0.4) is 0 Å². The van der Waals surface area contributed by atoms with Crippen LogP contribution in [0.25, 0.3) is 17.0 Å². The number of pyridine rings is 1. The number of aliphatic hydroxyl groups excluding tert-OH is 1. The minimum absolute atomic E-state index is 0.0740. The molecular formula is C48H74N4O10. The van der Waals surface area contributed by atoms with Crippen molar-refractivity contribution in [3.63, 3.8) is 0 Å². The molecule has 0 bridgehead atoms. The molecule has 1 aromatic heterocycles. The van der Waals surface area contributed by atoms with E-state index in [4.69, 9.17) is 23.7 Å². The van der Waals surface area contributed by atoms with Crippen LogP contribution in [0.2, 0.25) is 0 Å². The second-order valence-electron chi connectivity index (χ2n) is 18.0. The Balaban J connectivity index is 1.63. The summed E-state index contributed by atoms with van der Waals surface area (Å²) in [7, 11) is 3.75. The van der Waals surface area contributed by atoms with Crippen molar-refractivity contribution < 1.29 is 48.0 Å². The number of hydrogen-bond donors (Lipinski definition) is 1. The van der Waals surface area contributed by atoms with Crippen LogP contribution in [-0.2, 0) is 38.1 Å². The minimum Gasteiger partial charge on any atom is -0.458 e. The predicted octanol–water partition coefficient (Wildman–Crippen LogP) is 6.55. The van der Waals surface area contributed by atoms with E-state index in [1.54, 1.807) is 38.8 Å². The highest BCUT2D eigenvalue weighted by Crippen LogP contribution is 2.38. The molecule has 4 rings (SSSR count). The highest BCUT2D eigenvalue weighted by Gasteiger charge is 2.55. The van der Waals surface area contributed by atoms with Crippen molar-refractivity contribution in [1.29, 1.82) is 0 Å². The number of likely N-dealkylation sites (N-methyl/N-ethyl adjacent to an activating group) is 2. The lowest BCUT2D eigenvalue weighted by Crippen LogP contribution is -2.59. The monoisotopic (exact) mass is 867 g/mol. The first-order chi connectivity index (χ1) is 29.2. The zero-order valence-corrected chi connectivity index (χ0v) is 39.5. The number of Topliss-reactive ketones (excluding diaryl/α,β-unsaturated/α-hetero) is 2. The summed E-state index contributed by atoms with van der Waals surface area (Å²) in [6.07, 6.45) is 1.62. The fourth-order valence-electron chi connectivity index (χ4n) is 8.92. The average molecular weight is 867 g/mol. The van der Waals surface area contributed by atoms with Crippen LogP contribution in [0.4, 0.5) is 4.79 Å². The van der Waals surface area contributed by atoms with Gasteiger partial charge in [0, 0.05) is 42.6 Å². The van der Waals surface area contributed by atoms with Crippen LogP contribution in [0.5, 0.6) is 0 Å². The molecule has 1 N–H and O–H groups in total. The first-order valence-corrected chi connectivity index (χ1v) is 22.5. The maximum Gasteiger partial charge on any atom is 0.410 e. The van der Waals surface area contributed by atoms with Gasteiger partial charge in [0.25, 0.3) is 0 Å². The number of esters is 1. The van der Waals surface area contributed by atoms with E-state index >= 15 is 0 Å². The van der Waals surface area contributed by atoms with Gasteiger partial charge < -0.3 is 43.5 Å². The maximum atomic E-state index is 14.7. The Morgan fingerprint density at radius 2 is 1.79 bits per heavy atom. The van der Waals surface area contributed by atoms with Gasteiger partial charge in [0.05, 0.1) is 36.0 Å². The Morgan fingerprint density at radius 1 is 1.11 bits per heavy atom. The van der Waals surface area contributed by atoms with Gasteiger partial charge in [-0.2, -0.15) is 0 Å². The molecule has 1 aromatic carbocycles. The van der Waals surface area contributed by atoms with E-state index < -0.39 is 77.4 Å². The SMILES string of the molecule is CC[C@@H](OC(=O)[C@H](C)C(=O)[C@H](C)[C@@H](O[C@@H]1O[C@H](C)C[C@H](N(C)C)[C@H]1O)C(C)(C[C@@H](C)C(C)=O)OC/C=C/c1cnc2ccccc2c1)[C@@]1(C)OC(=O)N(CCN(CC)CC)[C@@H]1C. The molecule has 2 aromatic rings. The van der Waals surface area contributed by atoms with Crippen molar-refractivity contribution >= 4 is 40.6 Å². The lowest BCUT2D eigenvalue weighted by atomic mass is 9.78. The van der Waals surface area contributed by atoms with E-state index in [9.17, 15) is 24.3 Å². The normalized spacial score (nSPS) is 26.6. The zero-order chi connectivity index (χ0) is 46.1. The first kappa shape index (κ1) is 50.9. The summed E-state index contributed by atoms with van der Waals surface area (Å²) < 4.78 is 31.8. The number of carbonyl (C=O) groups is 4. The van der Waals surface area contributed by atoms with E-state index in [-0.39, 0.29) is 31.0 Å². The number of nitrogens with zero attached hydrogens (tertiary/aromatic N) is 4. The van der Waals surface area contributed by atoms with Crippen molar-refractivity contribution in [3.05, 3.63) is 48.2 Å². The number of aliphatic hydroxyl groups is 1. The molecule has 12 atom stereocenters. The number of ether oxygens (including phenoxy) is 5. The molecule has 2 aliphatic rings. The maximum absolute atomic E-state index is 14.7. The Morgan fingerprint density at radius 3 is 2.42 bits per heavy atom. The van der Waals surface area contributed by atoms with Crippen molar-refractivity contribution in [2.24, 2.45) is 17.8 Å². The molecule has 1 unspecified atom stereocenters. The highest BCUT2D eigenvalue weighted by atomic mass is 16.7. The first-order valence-electron chi connectivity index (χ1n) is 22.5. The number of para-hydroxylation sites is 1. The molecule has 0 saturated carbocycles. The molecule has 0 aliphatic carbocycles. The predicted molar refractivity (Wildman–Crippen MR) is 239 cm³/mol. The molecule has 0 radical (unpaired) electrons. The lowest BCUT2D eigenvalue weighted by molar-refractivity contribution is -0.296. The zero-order valence-electron chi connectivity index (χ0n) is 39.5. The molecule has 2 aliphatic heterocycles. The molecule has 62 heavy (non-hydrogen) atoms. The molecular weight excluding hydrogens is 793 g/mol. The number of benzene rings is 1. The Labute approximate surface area is 369 Å². The summed E-state index contributed by atoms with van der Waals surface area (Å²) in [5.74, 6) is -4.10. The number of amides is 1. The van der Waals surface area contributed by atoms with Crippen LogP contribution in [-0.4, -0.2) is 149 Å². The Kier molecular flexibility index (Phi) is 18.2. The summed E-state index contributed by atoms with van der Waals surface area (Å²) in [6.45, 7) is 22.7. The van der Waals surface area contributed by atoms with Gasteiger partial charge in [-0.3, -0.25) is 19.4 Å². The smallest absolute Gasteiger partial charge is 0.410 e. The number of aromatic nitrogens is 1. The summed E-state index contributed by atoms with van der Waals surface area (Å²) >= 11 is 0. The number of ketones is 2. The van der Waals surface area contributed by atoms with Crippen molar-refractivity contribution in [3.8, 4) is 0 Å². The van der Waals surface area contributed by atoms with Gasteiger partial charge in [-0.25, -0.2) is 4.79 Å². The molecule has 3 heterocycles. The topological polar surface area (TPSA) is 157 Å². The van der Waals surface area contributed by atoms with Crippen LogP contribution in [0, 0.1) is 17.8 Å². The fourth-order valence-corrected chi connectivity index (χ4v) is 8.92. The van der Waals surface area contributed by atoms with Crippen LogP contribution in [0.15, 0.2) is 42.6 Å². The fraction of sp³-hybridized carbons (Fsp3) is 0.688. The van der Waals surface area contributed by atoms with Gasteiger partial charge in [0.2, 0.25) is 0 Å². The van der Waals surface area contributed by atoms with Gasteiger partial charge in [0.1, 0.15) is 23.9 Å². The number of cyclic esters (lactones) is 1. The number of carbonyl (C=O) groups excluding carboxylic acids is 4. The number of rotatable bonds is 23. The van der Waals surface area contributed by atoms with E-state index in [1.165, 1.54) is 13.8 Å². The summed E-state index contributed by atoms with van der Waals surface area (Å²) in [5, 5.41) is 12.6. The largest absolute Gasteiger partial charge is 0.458 e. The minimum atomic E-state index is -1.31. The third kappa shape index (κ3) is 12.1. The van der Waals surface area contributed by atoms with Gasteiger partial charge >= 0.3 is 12.1 Å². The summed E-state index contributed by atoms with van der Waals surface area (Å²) in [4.78, 5) is 65.2. The summed E-state index contributed by atoms with van der Waals surface area (Å²) in [5.41, 5.74) is -0.727. The number of hydrogen-bond acceptors (Lipinski definition) is 13.